The Morgan fingerprint density at radius 3 is 2.44 bits per heavy atom. The molecule has 0 atom stereocenters. The normalized spacial score (nSPS) is 10.7. The Bertz CT molecular complexity index is 691. The monoisotopic (exact) mass is 235 g/mol. The van der Waals surface area contributed by atoms with Crippen LogP contribution in [0.25, 0.3) is 22.0 Å². The average Bonchev–Trinajstić information content (AvgIpc) is 2.46. The van der Waals surface area contributed by atoms with Crippen LogP contribution >= 0.6 is 0 Å². The van der Waals surface area contributed by atoms with Crippen molar-refractivity contribution in [2.45, 2.75) is 6.61 Å². The highest BCUT2D eigenvalue weighted by atomic mass is 16.3. The molecule has 1 heterocycles. The first-order valence-electron chi connectivity index (χ1n) is 5.92. The van der Waals surface area contributed by atoms with Crippen LogP contribution in [0.1, 0.15) is 5.56 Å². The largest absolute Gasteiger partial charge is 0.392 e. The predicted octanol–water partition coefficient (Wildman–Crippen LogP) is 3.39. The van der Waals surface area contributed by atoms with Crippen molar-refractivity contribution in [2.75, 3.05) is 0 Å². The third kappa shape index (κ3) is 1.87. The zero-order valence-corrected chi connectivity index (χ0v) is 9.88. The molecule has 0 bridgehead atoms. The van der Waals surface area contributed by atoms with Gasteiger partial charge in [0, 0.05) is 17.1 Å². The minimum atomic E-state index is 0.0324. The van der Waals surface area contributed by atoms with Gasteiger partial charge in [0.1, 0.15) is 0 Å². The van der Waals surface area contributed by atoms with Gasteiger partial charge in [-0.05, 0) is 17.0 Å². The van der Waals surface area contributed by atoms with E-state index in [4.69, 9.17) is 0 Å². The van der Waals surface area contributed by atoms with Gasteiger partial charge in [0.25, 0.3) is 0 Å². The molecular weight excluding hydrogens is 222 g/mol. The van der Waals surface area contributed by atoms with E-state index in [1.54, 1.807) is 0 Å². The van der Waals surface area contributed by atoms with Gasteiger partial charge < -0.3 is 5.11 Å². The maximum atomic E-state index is 9.37. The summed E-state index contributed by atoms with van der Waals surface area (Å²) in [5.41, 5.74) is 2.80. The highest BCUT2D eigenvalue weighted by Crippen LogP contribution is 2.24. The van der Waals surface area contributed by atoms with Crippen molar-refractivity contribution in [3.05, 3.63) is 66.4 Å². The van der Waals surface area contributed by atoms with Crippen molar-refractivity contribution in [3.8, 4) is 11.3 Å². The van der Waals surface area contributed by atoms with Crippen molar-refractivity contribution >= 4 is 10.8 Å². The number of aliphatic hydroxyl groups is 1. The summed E-state index contributed by atoms with van der Waals surface area (Å²) >= 11 is 0. The molecule has 0 unspecified atom stereocenters. The van der Waals surface area contributed by atoms with Gasteiger partial charge in [0.15, 0.2) is 0 Å². The molecule has 88 valence electrons. The molecule has 0 amide bonds. The number of aromatic nitrogens is 1. The first kappa shape index (κ1) is 10.9. The summed E-state index contributed by atoms with van der Waals surface area (Å²) in [5, 5.41) is 11.7. The van der Waals surface area contributed by atoms with Gasteiger partial charge in [-0.2, -0.15) is 0 Å². The molecule has 3 rings (SSSR count). The second-order valence-corrected chi connectivity index (χ2v) is 4.23. The SMILES string of the molecule is OCc1ccccc1-c1cc2ccccc2cn1. The Morgan fingerprint density at radius 2 is 1.61 bits per heavy atom. The number of rotatable bonds is 2. The molecule has 0 aliphatic heterocycles. The van der Waals surface area contributed by atoms with Crippen molar-refractivity contribution < 1.29 is 5.11 Å². The molecule has 2 heteroatoms. The summed E-state index contributed by atoms with van der Waals surface area (Å²) in [5.74, 6) is 0. The lowest BCUT2D eigenvalue weighted by atomic mass is 10.0. The van der Waals surface area contributed by atoms with Crippen molar-refractivity contribution in [2.24, 2.45) is 0 Å². The van der Waals surface area contributed by atoms with E-state index in [1.165, 1.54) is 0 Å². The van der Waals surface area contributed by atoms with E-state index in [0.717, 1.165) is 27.6 Å². The van der Waals surface area contributed by atoms with E-state index < -0.39 is 0 Å². The molecule has 0 saturated heterocycles. The Morgan fingerprint density at radius 1 is 0.889 bits per heavy atom. The third-order valence-corrected chi connectivity index (χ3v) is 3.09. The number of aliphatic hydroxyl groups excluding tert-OH is 1. The van der Waals surface area contributed by atoms with Gasteiger partial charge in [0.05, 0.1) is 12.3 Å². The highest BCUT2D eigenvalue weighted by Gasteiger charge is 2.05. The molecule has 2 nitrogen and oxygen atoms in total. The zero-order valence-electron chi connectivity index (χ0n) is 9.88. The molecule has 2 aromatic carbocycles. The zero-order chi connectivity index (χ0) is 12.4. The highest BCUT2D eigenvalue weighted by molar-refractivity contribution is 5.85. The fraction of sp³-hybridized carbons (Fsp3) is 0.0625. The maximum absolute atomic E-state index is 9.37. The van der Waals surface area contributed by atoms with Crippen LogP contribution in [0.15, 0.2) is 60.8 Å². The van der Waals surface area contributed by atoms with E-state index in [-0.39, 0.29) is 6.61 Å². The lowest BCUT2D eigenvalue weighted by Crippen LogP contribution is -1.91. The molecule has 1 aromatic heterocycles. The lowest BCUT2D eigenvalue weighted by molar-refractivity contribution is 0.282. The quantitative estimate of drug-likeness (QED) is 0.738. The second kappa shape index (κ2) is 4.59. The predicted molar refractivity (Wildman–Crippen MR) is 73.1 cm³/mol. The maximum Gasteiger partial charge on any atom is 0.0712 e. The van der Waals surface area contributed by atoms with Crippen LogP contribution in [0.5, 0.6) is 0 Å². The number of fused-ring (bicyclic) bond motifs is 1. The van der Waals surface area contributed by atoms with Gasteiger partial charge in [-0.15, -0.1) is 0 Å². The van der Waals surface area contributed by atoms with Gasteiger partial charge in [-0.25, -0.2) is 0 Å². The van der Waals surface area contributed by atoms with Crippen molar-refractivity contribution in [3.63, 3.8) is 0 Å². The van der Waals surface area contributed by atoms with E-state index in [9.17, 15) is 5.11 Å². The number of nitrogens with zero attached hydrogens (tertiary/aromatic N) is 1. The molecule has 0 spiro atoms. The smallest absolute Gasteiger partial charge is 0.0712 e. The number of hydrogen-bond donors (Lipinski definition) is 1. The Hall–Kier alpha value is -2.19. The van der Waals surface area contributed by atoms with Crippen LogP contribution in [0, 0.1) is 0 Å². The molecular formula is C16H13NO. The molecule has 0 saturated carbocycles. The van der Waals surface area contributed by atoms with Crippen LogP contribution < -0.4 is 0 Å². The summed E-state index contributed by atoms with van der Waals surface area (Å²) in [6, 6.07) is 18.0. The Balaban J connectivity index is 2.19. The minimum absolute atomic E-state index is 0.0324. The Kier molecular flexibility index (Phi) is 2.79. The van der Waals surface area contributed by atoms with Crippen LogP contribution in [-0.2, 0) is 6.61 Å². The van der Waals surface area contributed by atoms with Gasteiger partial charge >= 0.3 is 0 Å². The molecule has 1 N–H and O–H groups in total. The van der Waals surface area contributed by atoms with Crippen molar-refractivity contribution in [1.29, 1.82) is 0 Å². The second-order valence-electron chi connectivity index (χ2n) is 4.23. The number of benzene rings is 2. The van der Waals surface area contributed by atoms with Crippen LogP contribution in [0.4, 0.5) is 0 Å². The van der Waals surface area contributed by atoms with E-state index in [0.29, 0.717) is 0 Å². The van der Waals surface area contributed by atoms with E-state index in [2.05, 4.69) is 17.1 Å². The van der Waals surface area contributed by atoms with E-state index in [1.807, 2.05) is 48.7 Å². The van der Waals surface area contributed by atoms with Crippen LogP contribution in [0.3, 0.4) is 0 Å². The molecule has 0 radical (unpaired) electrons. The molecule has 0 aliphatic carbocycles. The number of hydrogen-bond acceptors (Lipinski definition) is 2. The molecule has 0 fully saturated rings. The summed E-state index contributed by atoms with van der Waals surface area (Å²) < 4.78 is 0. The molecule has 0 aliphatic rings. The lowest BCUT2D eigenvalue weighted by Gasteiger charge is -2.07. The van der Waals surface area contributed by atoms with Gasteiger partial charge in [0.2, 0.25) is 0 Å². The summed E-state index contributed by atoms with van der Waals surface area (Å²) in [7, 11) is 0. The first-order valence-corrected chi connectivity index (χ1v) is 5.92. The standard InChI is InChI=1S/C16H13NO/c18-11-14-7-3-4-8-15(14)16-9-12-5-1-2-6-13(12)10-17-16/h1-10,18H,11H2. The van der Waals surface area contributed by atoms with Crippen LogP contribution in [-0.4, -0.2) is 10.1 Å². The van der Waals surface area contributed by atoms with Crippen molar-refractivity contribution in [1.82, 2.24) is 4.98 Å². The summed E-state index contributed by atoms with van der Waals surface area (Å²) in [6.45, 7) is 0.0324. The topological polar surface area (TPSA) is 33.1 Å². The van der Waals surface area contributed by atoms with Gasteiger partial charge in [-0.1, -0.05) is 48.5 Å². The molecule has 3 aromatic rings. The molecule has 18 heavy (non-hydrogen) atoms. The first-order chi connectivity index (χ1) is 8.88. The minimum Gasteiger partial charge on any atom is -0.392 e. The summed E-state index contributed by atoms with van der Waals surface area (Å²) in [6.07, 6.45) is 1.87. The summed E-state index contributed by atoms with van der Waals surface area (Å²) in [4.78, 5) is 4.47. The van der Waals surface area contributed by atoms with E-state index >= 15 is 0 Å². The van der Waals surface area contributed by atoms with Gasteiger partial charge in [-0.3, -0.25) is 4.98 Å². The fourth-order valence-electron chi connectivity index (χ4n) is 2.14. The fourth-order valence-corrected chi connectivity index (χ4v) is 2.14. The number of pyridine rings is 1. The average molecular weight is 235 g/mol. The van der Waals surface area contributed by atoms with Crippen LogP contribution in [0.2, 0.25) is 0 Å². The Labute approximate surface area is 106 Å². The third-order valence-electron chi connectivity index (χ3n) is 3.09.